The van der Waals surface area contributed by atoms with E-state index in [2.05, 4.69) is 37.5 Å². The van der Waals surface area contributed by atoms with E-state index in [0.29, 0.717) is 51.3 Å². The van der Waals surface area contributed by atoms with Crippen LogP contribution in [0.2, 0.25) is 0 Å². The third-order valence-electron chi connectivity index (χ3n) is 9.17. The van der Waals surface area contributed by atoms with Crippen molar-refractivity contribution in [1.82, 2.24) is 9.80 Å². The summed E-state index contributed by atoms with van der Waals surface area (Å²) >= 11 is 3.02. The van der Waals surface area contributed by atoms with Crippen molar-refractivity contribution < 1.29 is 34.0 Å². The van der Waals surface area contributed by atoms with E-state index in [9.17, 15) is 19.8 Å². The number of carbonyl (C=O) groups is 2. The highest BCUT2D eigenvalue weighted by atomic mass is 32.2. The van der Waals surface area contributed by atoms with Gasteiger partial charge in [0, 0.05) is 48.1 Å². The monoisotopic (exact) mass is 776 g/mol. The lowest BCUT2D eigenvalue weighted by atomic mass is 10.1. The Hall–Kier alpha value is -2.44. The van der Waals surface area contributed by atoms with E-state index in [1.807, 2.05) is 36.4 Å². The number of hydrogen-bond donors (Lipinski definition) is 2. The van der Waals surface area contributed by atoms with Gasteiger partial charge in [-0.1, -0.05) is 114 Å². The van der Waals surface area contributed by atoms with E-state index in [1.165, 1.54) is 74.9 Å². The lowest BCUT2D eigenvalue weighted by molar-refractivity contribution is -0.141. The fourth-order valence-corrected chi connectivity index (χ4v) is 7.56. The molecule has 300 valence electrons. The molecule has 9 nitrogen and oxygen atoms in total. The molecule has 0 bridgehead atoms. The minimum absolute atomic E-state index is 0.00384. The van der Waals surface area contributed by atoms with Gasteiger partial charge in [0.15, 0.2) is 0 Å². The van der Waals surface area contributed by atoms with Crippen LogP contribution < -0.4 is 0 Å². The lowest BCUT2D eigenvalue weighted by Gasteiger charge is -2.31. The highest BCUT2D eigenvalue weighted by Gasteiger charge is 2.21. The van der Waals surface area contributed by atoms with E-state index in [1.54, 1.807) is 12.1 Å². The molecule has 2 aromatic carbocycles. The summed E-state index contributed by atoms with van der Waals surface area (Å²) in [7, 11) is 0. The fourth-order valence-electron chi connectivity index (χ4n) is 5.72. The highest BCUT2D eigenvalue weighted by Crippen LogP contribution is 2.23. The maximum atomic E-state index is 12.4. The summed E-state index contributed by atoms with van der Waals surface area (Å²) in [6.07, 6.45) is 13.8. The molecular weight excluding hydrogens is 709 g/mol. The van der Waals surface area contributed by atoms with Crippen molar-refractivity contribution in [3.63, 3.8) is 0 Å². The highest BCUT2D eigenvalue weighted by molar-refractivity contribution is 8.00. The van der Waals surface area contributed by atoms with Crippen molar-refractivity contribution >= 4 is 35.5 Å². The van der Waals surface area contributed by atoms with Crippen molar-refractivity contribution in [2.24, 2.45) is 0 Å². The molecule has 0 saturated carbocycles. The van der Waals surface area contributed by atoms with Crippen molar-refractivity contribution in [2.75, 3.05) is 49.7 Å². The van der Waals surface area contributed by atoms with Gasteiger partial charge < -0.3 is 24.4 Å². The standard InChI is InChI=1S/C42H68N2O7S2/c1-5-7-9-11-13-19-25-50-41(47)31-52-33-43(27-37-21-15-17-23-39(37)45)35(3)29-49-30-36(4)44(28-38-22-16-18-24-40(38)46)34-53-32-42(48)51-26-20-14-12-10-8-6-2/h15-18,21-24,35-36,45-46H,5-14,19-20,25-34H2,1-4H3. The third-order valence-corrected chi connectivity index (χ3v) is 11.1. The summed E-state index contributed by atoms with van der Waals surface area (Å²) in [5.74, 6) is 1.77. The van der Waals surface area contributed by atoms with Crippen molar-refractivity contribution in [1.29, 1.82) is 0 Å². The average Bonchev–Trinajstić information content (AvgIpc) is 3.14. The van der Waals surface area contributed by atoms with Gasteiger partial charge in [-0.2, -0.15) is 0 Å². The minimum Gasteiger partial charge on any atom is -0.508 e. The lowest BCUT2D eigenvalue weighted by Crippen LogP contribution is -2.39. The number of phenols is 2. The second kappa shape index (κ2) is 29.9. The van der Waals surface area contributed by atoms with E-state index >= 15 is 0 Å². The van der Waals surface area contributed by atoms with E-state index < -0.39 is 0 Å². The van der Waals surface area contributed by atoms with E-state index in [4.69, 9.17) is 14.2 Å². The first-order valence-corrected chi connectivity index (χ1v) is 22.1. The quantitative estimate of drug-likeness (QED) is 0.0422. The van der Waals surface area contributed by atoms with E-state index in [-0.39, 0.29) is 47.0 Å². The smallest absolute Gasteiger partial charge is 0.315 e. The maximum Gasteiger partial charge on any atom is 0.315 e. The number of benzene rings is 2. The number of unbranched alkanes of at least 4 members (excludes halogenated alkanes) is 10. The summed E-state index contributed by atoms with van der Waals surface area (Å²) in [6.45, 7) is 11.4. The molecule has 0 amide bonds. The molecule has 2 unspecified atom stereocenters. The molecule has 0 aliphatic carbocycles. The van der Waals surface area contributed by atoms with Gasteiger partial charge >= 0.3 is 11.9 Å². The Labute approximate surface area is 328 Å². The normalized spacial score (nSPS) is 12.6. The Kier molecular flexibility index (Phi) is 26.3. The molecule has 0 spiro atoms. The number of aromatic hydroxyl groups is 2. The zero-order valence-corrected chi connectivity index (χ0v) is 34.6. The molecule has 0 fully saturated rings. The number of thioether (sulfide) groups is 2. The molecule has 0 heterocycles. The van der Waals surface area contributed by atoms with Crippen LogP contribution in [0.1, 0.15) is 116 Å². The summed E-state index contributed by atoms with van der Waals surface area (Å²) < 4.78 is 17.3. The van der Waals surface area contributed by atoms with Crippen molar-refractivity contribution in [3.05, 3.63) is 59.7 Å². The SMILES string of the molecule is CCCCCCCCOC(=O)CSCN(Cc1ccccc1O)C(C)COCC(C)N(CSCC(=O)OCCCCCCCC)Cc1ccccc1O. The van der Waals surface area contributed by atoms with Crippen LogP contribution >= 0.6 is 23.5 Å². The Bertz CT molecular complexity index is 1160. The topological polar surface area (TPSA) is 109 Å². The van der Waals surface area contributed by atoms with Crippen molar-refractivity contribution in [3.8, 4) is 11.5 Å². The summed E-state index contributed by atoms with van der Waals surface area (Å²) in [4.78, 5) is 29.3. The van der Waals surface area contributed by atoms with Crippen LogP contribution in [0.15, 0.2) is 48.5 Å². The molecule has 2 aromatic rings. The largest absolute Gasteiger partial charge is 0.508 e. The molecule has 0 radical (unpaired) electrons. The predicted octanol–water partition coefficient (Wildman–Crippen LogP) is 9.38. The van der Waals surface area contributed by atoms with Crippen LogP contribution in [0.25, 0.3) is 0 Å². The van der Waals surface area contributed by atoms with Gasteiger partial charge in [-0.25, -0.2) is 0 Å². The molecule has 2 N–H and O–H groups in total. The van der Waals surface area contributed by atoms with Gasteiger partial charge in [-0.15, -0.1) is 23.5 Å². The first-order valence-electron chi connectivity index (χ1n) is 19.8. The molecule has 53 heavy (non-hydrogen) atoms. The van der Waals surface area contributed by atoms with Gasteiger partial charge in [0.1, 0.15) is 11.5 Å². The Morgan fingerprint density at radius 3 is 1.38 bits per heavy atom. The number of para-hydroxylation sites is 2. The zero-order valence-electron chi connectivity index (χ0n) is 33.0. The Morgan fingerprint density at radius 1 is 0.604 bits per heavy atom. The van der Waals surface area contributed by atoms with Gasteiger partial charge in [-0.05, 0) is 38.8 Å². The van der Waals surface area contributed by atoms with Gasteiger partial charge in [0.05, 0.1) is 37.9 Å². The molecule has 2 atom stereocenters. The van der Waals surface area contributed by atoms with Gasteiger partial charge in [0.2, 0.25) is 0 Å². The van der Waals surface area contributed by atoms with Crippen LogP contribution in [-0.4, -0.2) is 93.7 Å². The third kappa shape index (κ3) is 21.9. The average molecular weight is 777 g/mol. The van der Waals surface area contributed by atoms with Crippen LogP contribution in [0.4, 0.5) is 0 Å². The minimum atomic E-state index is -0.197. The molecular formula is C42H68N2O7S2. The summed E-state index contributed by atoms with van der Waals surface area (Å²) in [6, 6.07) is 14.6. The molecule has 2 rings (SSSR count). The predicted molar refractivity (Wildman–Crippen MR) is 220 cm³/mol. The number of hydrogen-bond acceptors (Lipinski definition) is 11. The van der Waals surface area contributed by atoms with Crippen molar-refractivity contribution in [2.45, 2.75) is 130 Å². The van der Waals surface area contributed by atoms with Crippen LogP contribution in [0.5, 0.6) is 11.5 Å². The first-order chi connectivity index (χ1) is 25.7. The molecule has 11 heteroatoms. The van der Waals surface area contributed by atoms with Gasteiger partial charge in [0.25, 0.3) is 0 Å². The number of esters is 2. The van der Waals surface area contributed by atoms with Gasteiger partial charge in [-0.3, -0.25) is 19.4 Å². The van der Waals surface area contributed by atoms with E-state index in [0.717, 1.165) is 36.8 Å². The molecule has 0 aliphatic heterocycles. The molecule has 0 saturated heterocycles. The first kappa shape index (κ1) is 46.7. The Balaban J connectivity index is 1.89. The molecule has 0 aromatic heterocycles. The number of carbonyl (C=O) groups excluding carboxylic acids is 2. The molecule has 0 aliphatic rings. The summed E-state index contributed by atoms with van der Waals surface area (Å²) in [5, 5.41) is 21.0. The van der Waals surface area contributed by atoms with Crippen LogP contribution in [0.3, 0.4) is 0 Å². The number of ether oxygens (including phenoxy) is 3. The number of rotatable bonds is 32. The number of phenolic OH excluding ortho intramolecular Hbond substituents is 2. The Morgan fingerprint density at radius 2 is 0.981 bits per heavy atom. The fraction of sp³-hybridized carbons (Fsp3) is 0.667. The maximum absolute atomic E-state index is 12.4. The number of nitrogens with zero attached hydrogens (tertiary/aromatic N) is 2. The second-order valence-electron chi connectivity index (χ2n) is 13.9. The second-order valence-corrected chi connectivity index (χ2v) is 15.8. The van der Waals surface area contributed by atoms with Crippen LogP contribution in [0, 0.1) is 0 Å². The summed E-state index contributed by atoms with van der Waals surface area (Å²) in [5.41, 5.74) is 1.63. The zero-order chi connectivity index (χ0) is 38.5. The van der Waals surface area contributed by atoms with Crippen LogP contribution in [-0.2, 0) is 36.9 Å².